The fourth-order valence-corrected chi connectivity index (χ4v) is 6.33. The number of likely N-dealkylation sites (tertiary alicyclic amines) is 1. The number of benzene rings is 2. The maximum atomic E-state index is 15.2. The molecule has 2 fully saturated rings. The summed E-state index contributed by atoms with van der Waals surface area (Å²) in [5, 5.41) is 3.30. The Morgan fingerprint density at radius 2 is 1.79 bits per heavy atom. The second kappa shape index (κ2) is 10.5. The number of piperidine rings is 1. The van der Waals surface area contributed by atoms with Crippen molar-refractivity contribution in [2.75, 3.05) is 37.7 Å². The predicted molar refractivity (Wildman–Crippen MR) is 147 cm³/mol. The van der Waals surface area contributed by atoms with Gasteiger partial charge in [-0.05, 0) is 61.1 Å². The summed E-state index contributed by atoms with van der Waals surface area (Å²) in [6.07, 6.45) is 7.02. The first kappa shape index (κ1) is 25.6. The zero-order valence-electron chi connectivity index (χ0n) is 21.5. The molecular weight excluding hydrogens is 519 g/mol. The van der Waals surface area contributed by atoms with Crippen LogP contribution in [0.4, 0.5) is 10.1 Å². The summed E-state index contributed by atoms with van der Waals surface area (Å²) < 4.78 is 20.8. The van der Waals surface area contributed by atoms with Gasteiger partial charge in [0, 0.05) is 61.8 Å². The molecule has 2 amide bonds. The van der Waals surface area contributed by atoms with Crippen molar-refractivity contribution in [3.8, 4) is 5.75 Å². The number of nitrogens with zero attached hydrogens (tertiary/aromatic N) is 3. The summed E-state index contributed by atoms with van der Waals surface area (Å²) in [5.74, 6) is -1.04. The fourth-order valence-electron chi connectivity index (χ4n) is 6.11. The Kier molecular flexibility index (Phi) is 6.89. The van der Waals surface area contributed by atoms with Crippen LogP contribution in [0.3, 0.4) is 0 Å². The molecule has 39 heavy (non-hydrogen) atoms. The number of carbonyl (C=O) groups excluding carboxylic acids is 2. The molecule has 2 aromatic carbocycles. The number of hydrogen-bond acceptors (Lipinski definition) is 5. The summed E-state index contributed by atoms with van der Waals surface area (Å²) in [6.45, 7) is 3.44. The largest absolute Gasteiger partial charge is 0.490 e. The van der Waals surface area contributed by atoms with Gasteiger partial charge in [0.15, 0.2) is 11.6 Å². The standard InChI is InChI=1S/C30H30ClFN4O3/c31-24-4-2-1-3-22(24)28(37)34-26-7-16-39-27-23(26)17-20(18-25(27)32)29(38)36-15-10-30(19-36)8-13-35(14-9-30)21-5-11-33-12-6-21/h1-6,11-12,17-18,26H,7-10,13-16,19H2,(H,34,37)/t26-/m1/s1. The highest BCUT2D eigenvalue weighted by Gasteiger charge is 2.42. The number of halogens is 2. The molecule has 1 spiro atoms. The summed E-state index contributed by atoms with van der Waals surface area (Å²) in [7, 11) is 0. The lowest BCUT2D eigenvalue weighted by Crippen LogP contribution is -2.42. The van der Waals surface area contributed by atoms with Gasteiger partial charge in [0.25, 0.3) is 11.8 Å². The minimum absolute atomic E-state index is 0.0838. The second-order valence-electron chi connectivity index (χ2n) is 10.7. The van der Waals surface area contributed by atoms with Crippen molar-refractivity contribution < 1.29 is 18.7 Å². The van der Waals surface area contributed by atoms with Crippen LogP contribution < -0.4 is 15.0 Å². The van der Waals surface area contributed by atoms with Crippen molar-refractivity contribution in [2.45, 2.75) is 31.7 Å². The van der Waals surface area contributed by atoms with E-state index in [1.807, 2.05) is 29.4 Å². The van der Waals surface area contributed by atoms with Gasteiger partial charge in [-0.2, -0.15) is 0 Å². The minimum Gasteiger partial charge on any atom is -0.490 e. The number of hydrogen-bond donors (Lipinski definition) is 1. The zero-order chi connectivity index (χ0) is 27.0. The Morgan fingerprint density at radius 1 is 1.05 bits per heavy atom. The van der Waals surface area contributed by atoms with Crippen molar-refractivity contribution in [2.24, 2.45) is 5.41 Å². The van der Waals surface area contributed by atoms with Crippen LogP contribution in [0.25, 0.3) is 0 Å². The number of anilines is 1. The van der Waals surface area contributed by atoms with Crippen molar-refractivity contribution in [3.63, 3.8) is 0 Å². The van der Waals surface area contributed by atoms with Crippen LogP contribution in [-0.2, 0) is 0 Å². The molecule has 0 unspecified atom stereocenters. The number of ether oxygens (including phenoxy) is 1. The van der Waals surface area contributed by atoms with Crippen LogP contribution in [0.5, 0.6) is 5.75 Å². The number of amides is 2. The molecule has 1 N–H and O–H groups in total. The smallest absolute Gasteiger partial charge is 0.253 e. The molecule has 1 aromatic heterocycles. The van der Waals surface area contributed by atoms with Crippen LogP contribution in [-0.4, -0.2) is 54.5 Å². The van der Waals surface area contributed by atoms with Gasteiger partial charge in [-0.15, -0.1) is 0 Å². The molecule has 0 radical (unpaired) electrons. The van der Waals surface area contributed by atoms with Crippen LogP contribution in [0, 0.1) is 11.2 Å². The first-order chi connectivity index (χ1) is 18.9. The number of nitrogens with one attached hydrogen (secondary N) is 1. The first-order valence-corrected chi connectivity index (χ1v) is 13.8. The van der Waals surface area contributed by atoms with Crippen LogP contribution in [0.2, 0.25) is 5.02 Å². The van der Waals surface area contributed by atoms with Crippen LogP contribution >= 0.6 is 11.6 Å². The Bertz CT molecular complexity index is 1390. The Labute approximate surface area is 231 Å². The van der Waals surface area contributed by atoms with E-state index in [1.54, 1.807) is 30.3 Å². The van der Waals surface area contributed by atoms with E-state index < -0.39 is 11.9 Å². The number of carbonyl (C=O) groups is 2. The molecule has 4 heterocycles. The van der Waals surface area contributed by atoms with E-state index in [2.05, 4.69) is 15.2 Å². The fraction of sp³-hybridized carbons (Fsp3) is 0.367. The molecule has 2 saturated heterocycles. The van der Waals surface area contributed by atoms with Gasteiger partial charge < -0.3 is 19.9 Å². The second-order valence-corrected chi connectivity index (χ2v) is 11.1. The summed E-state index contributed by atoms with van der Waals surface area (Å²) in [6, 6.07) is 13.3. The molecule has 3 aliphatic rings. The quantitative estimate of drug-likeness (QED) is 0.481. The number of pyridine rings is 1. The van der Waals surface area contributed by atoms with E-state index >= 15 is 4.39 Å². The molecule has 3 aromatic rings. The highest BCUT2D eigenvalue weighted by molar-refractivity contribution is 6.33. The van der Waals surface area contributed by atoms with Gasteiger partial charge in [0.1, 0.15) is 0 Å². The van der Waals surface area contributed by atoms with Crippen molar-refractivity contribution in [1.29, 1.82) is 0 Å². The van der Waals surface area contributed by atoms with E-state index in [1.165, 1.54) is 11.8 Å². The lowest BCUT2D eigenvalue weighted by Gasteiger charge is -2.40. The Balaban J connectivity index is 1.17. The van der Waals surface area contributed by atoms with E-state index in [0.29, 0.717) is 35.7 Å². The monoisotopic (exact) mass is 548 g/mol. The topological polar surface area (TPSA) is 74.8 Å². The van der Waals surface area contributed by atoms with Crippen molar-refractivity contribution in [1.82, 2.24) is 15.2 Å². The number of aromatic nitrogens is 1. The third-order valence-electron chi connectivity index (χ3n) is 8.35. The summed E-state index contributed by atoms with van der Waals surface area (Å²) in [4.78, 5) is 34.8. The first-order valence-electron chi connectivity index (χ1n) is 13.4. The van der Waals surface area contributed by atoms with E-state index in [9.17, 15) is 9.59 Å². The summed E-state index contributed by atoms with van der Waals surface area (Å²) in [5.41, 5.74) is 2.36. The molecule has 6 rings (SSSR count). The maximum Gasteiger partial charge on any atom is 0.253 e. The minimum atomic E-state index is -0.591. The average Bonchev–Trinajstić information content (AvgIpc) is 3.37. The molecule has 202 valence electrons. The van der Waals surface area contributed by atoms with Gasteiger partial charge in [0.05, 0.1) is 23.2 Å². The third-order valence-corrected chi connectivity index (χ3v) is 8.68. The molecular formula is C30H30ClFN4O3. The molecule has 0 bridgehead atoms. The van der Waals surface area contributed by atoms with Crippen molar-refractivity contribution >= 4 is 29.1 Å². The van der Waals surface area contributed by atoms with Gasteiger partial charge in [-0.3, -0.25) is 14.6 Å². The van der Waals surface area contributed by atoms with E-state index in [4.69, 9.17) is 16.3 Å². The maximum absolute atomic E-state index is 15.2. The van der Waals surface area contributed by atoms with Crippen LogP contribution in [0.15, 0.2) is 60.9 Å². The van der Waals surface area contributed by atoms with E-state index in [-0.39, 0.29) is 35.1 Å². The highest BCUT2D eigenvalue weighted by atomic mass is 35.5. The lowest BCUT2D eigenvalue weighted by atomic mass is 9.77. The molecule has 0 aliphatic carbocycles. The van der Waals surface area contributed by atoms with Crippen LogP contribution in [0.1, 0.15) is 58.0 Å². The Morgan fingerprint density at radius 3 is 2.56 bits per heavy atom. The predicted octanol–water partition coefficient (Wildman–Crippen LogP) is 5.26. The van der Waals surface area contributed by atoms with Gasteiger partial charge >= 0.3 is 0 Å². The van der Waals surface area contributed by atoms with Gasteiger partial charge in [-0.25, -0.2) is 4.39 Å². The van der Waals surface area contributed by atoms with Gasteiger partial charge in [0.2, 0.25) is 0 Å². The number of rotatable bonds is 4. The average molecular weight is 549 g/mol. The van der Waals surface area contributed by atoms with Crippen molar-refractivity contribution in [3.05, 3.63) is 88.5 Å². The SMILES string of the molecule is O=C(N[C@@H]1CCOc2c(F)cc(C(=O)N3CCC4(CCN(c5ccncc5)CC4)C3)cc21)c1ccccc1Cl. The molecule has 1 atom stereocenters. The van der Waals surface area contributed by atoms with E-state index in [0.717, 1.165) is 32.4 Å². The highest BCUT2D eigenvalue weighted by Crippen LogP contribution is 2.42. The number of fused-ring (bicyclic) bond motifs is 1. The summed E-state index contributed by atoms with van der Waals surface area (Å²) >= 11 is 6.20. The molecule has 0 saturated carbocycles. The molecule has 3 aliphatic heterocycles. The normalized spacial score (nSPS) is 19.9. The van der Waals surface area contributed by atoms with Gasteiger partial charge in [-0.1, -0.05) is 23.7 Å². The zero-order valence-corrected chi connectivity index (χ0v) is 22.3. The third kappa shape index (κ3) is 5.05. The lowest BCUT2D eigenvalue weighted by molar-refractivity contribution is 0.0763. The Hall–Kier alpha value is -3.65. The molecule has 9 heteroatoms. The molecule has 7 nitrogen and oxygen atoms in total.